The van der Waals surface area contributed by atoms with Gasteiger partial charge in [0.05, 0.1) is 16.8 Å². The van der Waals surface area contributed by atoms with Crippen LogP contribution in [-0.2, 0) is 0 Å². The van der Waals surface area contributed by atoms with E-state index >= 15 is 0 Å². The lowest BCUT2D eigenvalue weighted by Gasteiger charge is -2.22. The average Bonchev–Trinajstić information content (AvgIpc) is 2.78. The van der Waals surface area contributed by atoms with Gasteiger partial charge >= 0.3 is 0 Å². The summed E-state index contributed by atoms with van der Waals surface area (Å²) in [6.45, 7) is 4.43. The number of rotatable bonds is 5. The van der Waals surface area contributed by atoms with Crippen LogP contribution in [-0.4, -0.2) is 41.0 Å². The monoisotopic (exact) mass is 251 g/mol. The molecule has 1 aromatic rings. The Morgan fingerprint density at radius 2 is 2.41 bits per heavy atom. The maximum Gasteiger partial charge on any atom is 0.0755 e. The van der Waals surface area contributed by atoms with Crippen molar-refractivity contribution in [3.63, 3.8) is 0 Å². The molecule has 0 atom stereocenters. The van der Waals surface area contributed by atoms with E-state index in [2.05, 4.69) is 35.1 Å². The van der Waals surface area contributed by atoms with Crippen LogP contribution in [0.1, 0.15) is 31.9 Å². The molecule has 1 aliphatic heterocycles. The smallest absolute Gasteiger partial charge is 0.0755 e. The van der Waals surface area contributed by atoms with Gasteiger partial charge in [-0.05, 0) is 31.2 Å². The van der Waals surface area contributed by atoms with Gasteiger partial charge in [-0.1, -0.05) is 19.4 Å². The van der Waals surface area contributed by atoms with Crippen LogP contribution in [0.2, 0.25) is 0 Å². The van der Waals surface area contributed by atoms with Crippen molar-refractivity contribution in [1.29, 1.82) is 0 Å². The van der Waals surface area contributed by atoms with E-state index in [1.54, 1.807) is 0 Å². The lowest BCUT2D eigenvalue weighted by molar-refractivity contribution is 0.372. The molecule has 2 rings (SSSR count). The molecule has 0 saturated carbocycles. The summed E-state index contributed by atoms with van der Waals surface area (Å²) in [6, 6.07) is 0. The number of nitrogens with one attached hydrogen (secondary N) is 1. The molecule has 0 spiro atoms. The molecule has 4 heteroatoms. The van der Waals surface area contributed by atoms with E-state index < -0.39 is 0 Å². The van der Waals surface area contributed by atoms with Crippen LogP contribution in [0.3, 0.4) is 0 Å². The summed E-state index contributed by atoms with van der Waals surface area (Å²) in [5.74, 6) is 1.19. The fourth-order valence-corrected chi connectivity index (χ4v) is 3.12. The van der Waals surface area contributed by atoms with Crippen molar-refractivity contribution >= 4 is 17.3 Å². The molecule has 0 saturated heterocycles. The molecule has 0 aromatic carbocycles. The number of H-pyrrole nitrogens is 1. The molecule has 1 aliphatic rings. The molecule has 0 fully saturated rings. The van der Waals surface area contributed by atoms with Crippen LogP contribution < -0.4 is 0 Å². The summed E-state index contributed by atoms with van der Waals surface area (Å²) in [6.07, 6.45) is 7.98. The Morgan fingerprint density at radius 3 is 3.18 bits per heavy atom. The van der Waals surface area contributed by atoms with Gasteiger partial charge in [-0.25, -0.2) is 0 Å². The molecule has 0 radical (unpaired) electrons. The molecule has 3 nitrogen and oxygen atoms in total. The lowest BCUT2D eigenvalue weighted by Crippen LogP contribution is -2.25. The molecule has 1 aromatic heterocycles. The van der Waals surface area contributed by atoms with Gasteiger partial charge < -0.3 is 4.90 Å². The first-order valence-electron chi connectivity index (χ1n) is 6.35. The molecule has 17 heavy (non-hydrogen) atoms. The van der Waals surface area contributed by atoms with Gasteiger partial charge in [0.15, 0.2) is 0 Å². The quantitative estimate of drug-likeness (QED) is 0.645. The Hall–Kier alpha value is -0.740. The zero-order valence-corrected chi connectivity index (χ0v) is 11.5. The van der Waals surface area contributed by atoms with E-state index in [0.717, 1.165) is 19.5 Å². The van der Waals surface area contributed by atoms with Crippen molar-refractivity contribution in [2.24, 2.45) is 0 Å². The van der Waals surface area contributed by atoms with Gasteiger partial charge in [-0.2, -0.15) is 5.10 Å². The minimum Gasteiger partial charge on any atom is -0.302 e. The van der Waals surface area contributed by atoms with Crippen molar-refractivity contribution < 1.29 is 0 Å². The third-order valence-corrected chi connectivity index (χ3v) is 4.14. The van der Waals surface area contributed by atoms with Crippen LogP contribution in [0, 0.1) is 0 Å². The summed E-state index contributed by atoms with van der Waals surface area (Å²) in [4.78, 5) is 3.66. The predicted molar refractivity (Wildman–Crippen MR) is 74.3 cm³/mol. The third kappa shape index (κ3) is 3.36. The largest absolute Gasteiger partial charge is 0.302 e. The van der Waals surface area contributed by atoms with E-state index in [1.807, 2.05) is 18.0 Å². The Balaban J connectivity index is 2.05. The second kappa shape index (κ2) is 6.26. The van der Waals surface area contributed by atoms with Gasteiger partial charge in [0.25, 0.3) is 0 Å². The van der Waals surface area contributed by atoms with Crippen LogP contribution in [0.5, 0.6) is 0 Å². The number of nitrogens with zero attached hydrogens (tertiary/aromatic N) is 2. The highest BCUT2D eigenvalue weighted by Crippen LogP contribution is 2.28. The summed E-state index contributed by atoms with van der Waals surface area (Å²) in [5.41, 5.74) is 2.63. The molecular formula is C13H21N3S. The molecule has 94 valence electrons. The van der Waals surface area contributed by atoms with Gasteiger partial charge in [0, 0.05) is 13.1 Å². The maximum atomic E-state index is 4.20. The highest BCUT2D eigenvalue weighted by atomic mass is 32.2. The first-order chi connectivity index (χ1) is 8.31. The average molecular weight is 251 g/mol. The number of aromatic nitrogens is 2. The molecule has 2 heterocycles. The highest BCUT2D eigenvalue weighted by molar-refractivity contribution is 7.99. The summed E-state index contributed by atoms with van der Waals surface area (Å²) < 4.78 is 0. The van der Waals surface area contributed by atoms with Crippen molar-refractivity contribution in [2.75, 3.05) is 25.9 Å². The second-order valence-corrected chi connectivity index (χ2v) is 5.70. The Bertz CT molecular complexity index is 384. The number of likely N-dealkylation sites (N-methyl/N-ethyl adjacent to an activating group) is 1. The van der Waals surface area contributed by atoms with E-state index in [1.165, 1.54) is 34.8 Å². The lowest BCUT2D eigenvalue weighted by atomic mass is 10.1. The van der Waals surface area contributed by atoms with Gasteiger partial charge in [0.1, 0.15) is 0 Å². The SMILES string of the molecule is CCCCSc1cn[nH]c1C1=CCCN(C)C1. The van der Waals surface area contributed by atoms with E-state index in [0.29, 0.717) is 0 Å². The van der Waals surface area contributed by atoms with E-state index in [4.69, 9.17) is 0 Å². The number of thioether (sulfide) groups is 1. The fraction of sp³-hybridized carbons (Fsp3) is 0.615. The summed E-state index contributed by atoms with van der Waals surface area (Å²) in [5, 5.41) is 7.35. The zero-order chi connectivity index (χ0) is 12.1. The van der Waals surface area contributed by atoms with Crippen LogP contribution in [0.25, 0.3) is 5.57 Å². The summed E-state index contributed by atoms with van der Waals surface area (Å²) >= 11 is 1.92. The van der Waals surface area contributed by atoms with Crippen LogP contribution >= 0.6 is 11.8 Å². The first kappa shape index (κ1) is 12.7. The number of hydrogen-bond donors (Lipinski definition) is 1. The predicted octanol–water partition coefficient (Wildman–Crippen LogP) is 3.02. The standard InChI is InChI=1S/C13H21N3S/c1-3-4-8-17-12-9-14-15-13(12)11-6-5-7-16(2)10-11/h6,9H,3-5,7-8,10H2,1-2H3,(H,14,15). The molecule has 1 N–H and O–H groups in total. The fourth-order valence-electron chi connectivity index (χ4n) is 2.02. The topological polar surface area (TPSA) is 31.9 Å². The van der Waals surface area contributed by atoms with Crippen LogP contribution in [0.15, 0.2) is 17.2 Å². The van der Waals surface area contributed by atoms with E-state index in [-0.39, 0.29) is 0 Å². The van der Waals surface area contributed by atoms with Gasteiger partial charge in [0.2, 0.25) is 0 Å². The molecular weight excluding hydrogens is 230 g/mol. The zero-order valence-electron chi connectivity index (χ0n) is 10.7. The summed E-state index contributed by atoms with van der Waals surface area (Å²) in [7, 11) is 2.17. The Kier molecular flexibility index (Phi) is 4.68. The number of hydrogen-bond acceptors (Lipinski definition) is 3. The molecule has 0 amide bonds. The van der Waals surface area contributed by atoms with Crippen molar-refractivity contribution in [2.45, 2.75) is 31.1 Å². The van der Waals surface area contributed by atoms with Gasteiger partial charge in [-0.3, -0.25) is 5.10 Å². The second-order valence-electron chi connectivity index (χ2n) is 4.57. The van der Waals surface area contributed by atoms with Crippen molar-refractivity contribution in [3.05, 3.63) is 18.0 Å². The van der Waals surface area contributed by atoms with Crippen molar-refractivity contribution in [1.82, 2.24) is 15.1 Å². The number of unbranched alkanes of at least 4 members (excludes halogenated alkanes) is 1. The Labute approximate surface area is 108 Å². The highest BCUT2D eigenvalue weighted by Gasteiger charge is 2.15. The molecule has 0 unspecified atom stereocenters. The van der Waals surface area contributed by atoms with E-state index in [9.17, 15) is 0 Å². The molecule has 0 aliphatic carbocycles. The first-order valence-corrected chi connectivity index (χ1v) is 7.34. The normalized spacial score (nSPS) is 17.2. The minimum atomic E-state index is 1.03. The maximum absolute atomic E-state index is 4.20. The molecule has 0 bridgehead atoms. The minimum absolute atomic E-state index is 1.03. The van der Waals surface area contributed by atoms with Crippen molar-refractivity contribution in [3.8, 4) is 0 Å². The van der Waals surface area contributed by atoms with Crippen LogP contribution in [0.4, 0.5) is 0 Å². The third-order valence-electron chi connectivity index (χ3n) is 3.02. The Morgan fingerprint density at radius 1 is 1.53 bits per heavy atom. The number of aromatic amines is 1. The van der Waals surface area contributed by atoms with Gasteiger partial charge in [-0.15, -0.1) is 11.8 Å².